The molecular formula is C23H19N3O4. The number of benzene rings is 2. The molecule has 0 saturated carbocycles. The quantitative estimate of drug-likeness (QED) is 0.796. The third-order valence-corrected chi connectivity index (χ3v) is 5.58. The largest absolute Gasteiger partial charge is 0.457 e. The van der Waals surface area contributed by atoms with Crippen LogP contribution in [0.4, 0.5) is 5.69 Å². The SMILES string of the molecule is CC1=C(C(=O)OCc2ccccc2)C2(C(=O)N(C)c3ccccc32)C(C#N)C(=N)O1. The molecule has 1 N–H and O–H groups in total. The number of rotatable bonds is 3. The summed E-state index contributed by atoms with van der Waals surface area (Å²) in [6.45, 7) is 1.52. The number of ether oxygens (including phenoxy) is 2. The maximum Gasteiger partial charge on any atom is 0.339 e. The second-order valence-electron chi connectivity index (χ2n) is 7.21. The highest BCUT2D eigenvalue weighted by Crippen LogP contribution is 2.53. The molecule has 2 aromatic rings. The van der Waals surface area contributed by atoms with E-state index >= 15 is 0 Å². The van der Waals surface area contributed by atoms with E-state index in [4.69, 9.17) is 14.9 Å². The summed E-state index contributed by atoms with van der Waals surface area (Å²) >= 11 is 0. The van der Waals surface area contributed by atoms with Crippen LogP contribution in [0.1, 0.15) is 18.1 Å². The number of carbonyl (C=O) groups is 2. The lowest BCUT2D eigenvalue weighted by Gasteiger charge is -2.38. The second-order valence-corrected chi connectivity index (χ2v) is 7.21. The molecule has 2 aliphatic heterocycles. The summed E-state index contributed by atoms with van der Waals surface area (Å²) in [4.78, 5) is 28.2. The molecular weight excluding hydrogens is 382 g/mol. The molecule has 1 amide bonds. The van der Waals surface area contributed by atoms with Crippen molar-refractivity contribution in [3.05, 3.63) is 77.1 Å². The molecule has 2 aliphatic rings. The van der Waals surface area contributed by atoms with Gasteiger partial charge in [-0.2, -0.15) is 5.26 Å². The number of anilines is 1. The Bertz CT molecular complexity index is 1130. The summed E-state index contributed by atoms with van der Waals surface area (Å²) < 4.78 is 11.0. The lowest BCUT2D eigenvalue weighted by atomic mass is 9.64. The Labute approximate surface area is 173 Å². The maximum absolute atomic E-state index is 13.6. The number of para-hydroxylation sites is 1. The fourth-order valence-electron chi connectivity index (χ4n) is 4.26. The Morgan fingerprint density at radius 3 is 2.60 bits per heavy atom. The van der Waals surface area contributed by atoms with Gasteiger partial charge < -0.3 is 14.4 Å². The van der Waals surface area contributed by atoms with Crippen molar-refractivity contribution < 1.29 is 19.1 Å². The molecule has 0 saturated heterocycles. The van der Waals surface area contributed by atoms with Crippen molar-refractivity contribution in [3.63, 3.8) is 0 Å². The predicted octanol–water partition coefficient (Wildman–Crippen LogP) is 3.07. The van der Waals surface area contributed by atoms with Crippen LogP contribution in [0.2, 0.25) is 0 Å². The Balaban J connectivity index is 1.86. The molecule has 2 atom stereocenters. The van der Waals surface area contributed by atoms with E-state index in [1.54, 1.807) is 31.3 Å². The number of nitriles is 1. The van der Waals surface area contributed by atoms with Gasteiger partial charge >= 0.3 is 5.97 Å². The van der Waals surface area contributed by atoms with Gasteiger partial charge in [-0.05, 0) is 24.1 Å². The van der Waals surface area contributed by atoms with Crippen molar-refractivity contribution in [2.75, 3.05) is 11.9 Å². The van der Waals surface area contributed by atoms with Crippen LogP contribution in [0.15, 0.2) is 65.9 Å². The second kappa shape index (κ2) is 7.16. The molecule has 2 unspecified atom stereocenters. The topological polar surface area (TPSA) is 103 Å². The highest BCUT2D eigenvalue weighted by Gasteiger charge is 2.64. The summed E-state index contributed by atoms with van der Waals surface area (Å²) in [6.07, 6.45) is 0. The van der Waals surface area contributed by atoms with E-state index in [1.165, 1.54) is 11.8 Å². The van der Waals surface area contributed by atoms with Crippen LogP contribution in [0.3, 0.4) is 0 Å². The van der Waals surface area contributed by atoms with E-state index < -0.39 is 23.2 Å². The van der Waals surface area contributed by atoms with Gasteiger partial charge in [0.15, 0.2) is 0 Å². The molecule has 0 aliphatic carbocycles. The number of nitrogens with one attached hydrogen (secondary N) is 1. The van der Waals surface area contributed by atoms with Gasteiger partial charge in [0.05, 0.1) is 11.6 Å². The highest BCUT2D eigenvalue weighted by atomic mass is 16.5. The van der Waals surface area contributed by atoms with Crippen LogP contribution >= 0.6 is 0 Å². The number of amides is 1. The van der Waals surface area contributed by atoms with Gasteiger partial charge in [0, 0.05) is 12.7 Å². The minimum atomic E-state index is -1.69. The number of hydrogen-bond donors (Lipinski definition) is 1. The number of carbonyl (C=O) groups excluding carboxylic acids is 2. The number of hydrogen-bond acceptors (Lipinski definition) is 6. The van der Waals surface area contributed by atoms with Crippen molar-refractivity contribution in [3.8, 4) is 6.07 Å². The molecule has 0 aromatic heterocycles. The zero-order valence-corrected chi connectivity index (χ0v) is 16.5. The van der Waals surface area contributed by atoms with Gasteiger partial charge in [-0.3, -0.25) is 10.2 Å². The molecule has 1 spiro atoms. The standard InChI is InChI=1S/C23H19N3O4/c1-14-19(21(27)29-13-15-8-4-3-5-9-15)23(17(12-24)20(25)30-14)16-10-6-7-11-18(16)26(2)22(23)28/h3-11,17,25H,13H2,1-2H3. The fourth-order valence-corrected chi connectivity index (χ4v) is 4.26. The van der Waals surface area contributed by atoms with Gasteiger partial charge in [-0.1, -0.05) is 48.5 Å². The first-order valence-corrected chi connectivity index (χ1v) is 9.38. The number of fused-ring (bicyclic) bond motifs is 2. The molecule has 2 aromatic carbocycles. The summed E-state index contributed by atoms with van der Waals surface area (Å²) in [6, 6.07) is 18.1. The smallest absolute Gasteiger partial charge is 0.339 e. The van der Waals surface area contributed by atoms with Crippen LogP contribution in [-0.4, -0.2) is 24.8 Å². The number of likely N-dealkylation sites (N-methyl/N-ethyl adjacent to an activating group) is 1. The fraction of sp³-hybridized carbons (Fsp3) is 0.217. The monoisotopic (exact) mass is 401 g/mol. The van der Waals surface area contributed by atoms with Crippen molar-refractivity contribution >= 4 is 23.5 Å². The molecule has 0 fully saturated rings. The van der Waals surface area contributed by atoms with Crippen LogP contribution in [-0.2, 0) is 31.1 Å². The average Bonchev–Trinajstić information content (AvgIpc) is 2.96. The van der Waals surface area contributed by atoms with E-state index in [0.717, 1.165) is 5.56 Å². The summed E-state index contributed by atoms with van der Waals surface area (Å²) in [5.41, 5.74) is 0.132. The maximum atomic E-state index is 13.6. The first-order chi connectivity index (χ1) is 14.4. The van der Waals surface area contributed by atoms with Crippen molar-refractivity contribution in [2.24, 2.45) is 5.92 Å². The minimum absolute atomic E-state index is 0.00682. The van der Waals surface area contributed by atoms with Gasteiger partial charge in [0.25, 0.3) is 0 Å². The average molecular weight is 401 g/mol. The molecule has 2 heterocycles. The molecule has 150 valence electrons. The van der Waals surface area contributed by atoms with E-state index in [-0.39, 0.29) is 23.8 Å². The van der Waals surface area contributed by atoms with E-state index in [2.05, 4.69) is 0 Å². The lowest BCUT2D eigenvalue weighted by molar-refractivity contribution is -0.143. The molecule has 30 heavy (non-hydrogen) atoms. The van der Waals surface area contributed by atoms with Crippen LogP contribution < -0.4 is 4.90 Å². The Kier molecular flexibility index (Phi) is 4.63. The van der Waals surface area contributed by atoms with Gasteiger partial charge in [0.2, 0.25) is 11.8 Å². The number of esters is 1. The van der Waals surface area contributed by atoms with Gasteiger partial charge in [-0.25, -0.2) is 4.79 Å². The molecule has 7 heteroatoms. The molecule has 4 rings (SSSR count). The van der Waals surface area contributed by atoms with E-state index in [0.29, 0.717) is 11.3 Å². The first kappa shape index (κ1) is 19.4. The Morgan fingerprint density at radius 1 is 1.23 bits per heavy atom. The Morgan fingerprint density at radius 2 is 1.90 bits per heavy atom. The zero-order valence-electron chi connectivity index (χ0n) is 16.5. The summed E-state index contributed by atoms with van der Waals surface area (Å²) in [7, 11) is 1.59. The number of nitrogens with zero attached hydrogens (tertiary/aromatic N) is 2. The van der Waals surface area contributed by atoms with Crippen molar-refractivity contribution in [1.82, 2.24) is 0 Å². The predicted molar refractivity (Wildman–Crippen MR) is 108 cm³/mol. The summed E-state index contributed by atoms with van der Waals surface area (Å²) in [5.74, 6) is -2.79. The van der Waals surface area contributed by atoms with Gasteiger partial charge in [-0.15, -0.1) is 0 Å². The molecule has 7 nitrogen and oxygen atoms in total. The highest BCUT2D eigenvalue weighted by molar-refractivity contribution is 6.18. The van der Waals surface area contributed by atoms with Crippen LogP contribution in [0, 0.1) is 22.7 Å². The minimum Gasteiger partial charge on any atom is -0.457 e. The van der Waals surface area contributed by atoms with E-state index in [1.807, 2.05) is 36.4 Å². The summed E-state index contributed by atoms with van der Waals surface area (Å²) in [5, 5.41) is 18.1. The normalized spacial score (nSPS) is 22.6. The third kappa shape index (κ3) is 2.61. The van der Waals surface area contributed by atoms with Crippen molar-refractivity contribution in [1.29, 1.82) is 10.7 Å². The Hall–Kier alpha value is -3.92. The zero-order chi connectivity index (χ0) is 21.5. The number of allylic oxidation sites excluding steroid dienone is 1. The third-order valence-electron chi connectivity index (χ3n) is 5.58. The van der Waals surface area contributed by atoms with Crippen LogP contribution in [0.5, 0.6) is 0 Å². The van der Waals surface area contributed by atoms with Gasteiger partial charge in [0.1, 0.15) is 23.7 Å². The van der Waals surface area contributed by atoms with Crippen LogP contribution in [0.25, 0.3) is 0 Å². The van der Waals surface area contributed by atoms with Crippen molar-refractivity contribution in [2.45, 2.75) is 18.9 Å². The lowest BCUT2D eigenvalue weighted by Crippen LogP contribution is -2.53. The first-order valence-electron chi connectivity index (χ1n) is 9.38. The van der Waals surface area contributed by atoms with E-state index in [9.17, 15) is 14.9 Å². The molecule has 0 bridgehead atoms. The molecule has 0 radical (unpaired) electrons.